The highest BCUT2D eigenvalue weighted by atomic mass is 32.1. The van der Waals surface area contributed by atoms with Crippen LogP contribution in [0.5, 0.6) is 0 Å². The van der Waals surface area contributed by atoms with Crippen LogP contribution in [0.1, 0.15) is 62.2 Å². The van der Waals surface area contributed by atoms with E-state index in [1.54, 1.807) is 6.92 Å². The first kappa shape index (κ1) is 16.2. The van der Waals surface area contributed by atoms with E-state index in [9.17, 15) is 9.90 Å². The van der Waals surface area contributed by atoms with Crippen molar-refractivity contribution in [3.63, 3.8) is 0 Å². The lowest BCUT2D eigenvalue weighted by atomic mass is 9.88. The SMILES string of the molecule is CCC(C)C(C)(O)CNC(=O)c1sccc1C(C)C. The Balaban J connectivity index is 2.68. The van der Waals surface area contributed by atoms with E-state index in [1.165, 1.54) is 11.3 Å². The van der Waals surface area contributed by atoms with Crippen LogP contribution >= 0.6 is 11.3 Å². The second-order valence-corrected chi connectivity index (χ2v) is 6.63. The summed E-state index contributed by atoms with van der Waals surface area (Å²) in [5.74, 6) is 0.407. The van der Waals surface area contributed by atoms with Gasteiger partial charge in [-0.3, -0.25) is 4.79 Å². The molecule has 2 N–H and O–H groups in total. The van der Waals surface area contributed by atoms with Crippen LogP contribution in [0, 0.1) is 5.92 Å². The molecule has 0 aliphatic carbocycles. The molecule has 0 fully saturated rings. The summed E-state index contributed by atoms with van der Waals surface area (Å²) in [6.07, 6.45) is 0.888. The van der Waals surface area contributed by atoms with Crippen LogP contribution in [0.4, 0.5) is 0 Å². The largest absolute Gasteiger partial charge is 0.388 e. The summed E-state index contributed by atoms with van der Waals surface area (Å²) in [5.41, 5.74) is 0.213. The van der Waals surface area contributed by atoms with Gasteiger partial charge in [0.2, 0.25) is 0 Å². The van der Waals surface area contributed by atoms with E-state index < -0.39 is 5.60 Å². The summed E-state index contributed by atoms with van der Waals surface area (Å²) in [7, 11) is 0. The molecule has 0 saturated heterocycles. The normalized spacial score (nSPS) is 16.2. The van der Waals surface area contributed by atoms with Crippen molar-refractivity contribution in [3.05, 3.63) is 21.9 Å². The van der Waals surface area contributed by atoms with Crippen LogP contribution in [0.15, 0.2) is 11.4 Å². The molecule has 4 heteroatoms. The van der Waals surface area contributed by atoms with Crippen molar-refractivity contribution in [1.29, 1.82) is 0 Å². The second-order valence-electron chi connectivity index (χ2n) is 5.71. The van der Waals surface area contributed by atoms with E-state index in [0.717, 1.165) is 16.9 Å². The van der Waals surface area contributed by atoms with Crippen LogP contribution in [0.3, 0.4) is 0 Å². The molecule has 0 aliphatic rings. The highest BCUT2D eigenvalue weighted by molar-refractivity contribution is 7.12. The Morgan fingerprint density at radius 2 is 2.11 bits per heavy atom. The van der Waals surface area contributed by atoms with Crippen LogP contribution in [0.25, 0.3) is 0 Å². The van der Waals surface area contributed by atoms with Crippen molar-refractivity contribution in [3.8, 4) is 0 Å². The third-order valence-corrected chi connectivity index (χ3v) is 4.73. The van der Waals surface area contributed by atoms with Crippen LogP contribution in [0.2, 0.25) is 0 Å². The molecular formula is C15H25NO2S. The van der Waals surface area contributed by atoms with Gasteiger partial charge in [-0.1, -0.05) is 34.1 Å². The Bertz CT molecular complexity index is 424. The molecule has 1 heterocycles. The minimum Gasteiger partial charge on any atom is -0.388 e. The molecule has 2 atom stereocenters. The Kier molecular flexibility index (Phi) is 5.56. The fraction of sp³-hybridized carbons (Fsp3) is 0.667. The second kappa shape index (κ2) is 6.53. The maximum Gasteiger partial charge on any atom is 0.261 e. The van der Waals surface area contributed by atoms with Gasteiger partial charge in [0.25, 0.3) is 5.91 Å². The Morgan fingerprint density at radius 3 is 2.63 bits per heavy atom. The number of aliphatic hydroxyl groups is 1. The van der Waals surface area contributed by atoms with Gasteiger partial charge < -0.3 is 10.4 Å². The quantitative estimate of drug-likeness (QED) is 0.840. The fourth-order valence-corrected chi connectivity index (χ4v) is 2.88. The minimum absolute atomic E-state index is 0.0812. The molecule has 0 spiro atoms. The molecule has 1 rings (SSSR count). The predicted octanol–water partition coefficient (Wildman–Crippen LogP) is 3.40. The first-order valence-corrected chi connectivity index (χ1v) is 7.75. The monoisotopic (exact) mass is 283 g/mol. The number of amides is 1. The van der Waals surface area contributed by atoms with Crippen molar-refractivity contribution in [2.75, 3.05) is 6.54 Å². The Morgan fingerprint density at radius 1 is 1.47 bits per heavy atom. The molecule has 1 amide bonds. The van der Waals surface area contributed by atoms with Crippen molar-refractivity contribution < 1.29 is 9.90 Å². The molecule has 19 heavy (non-hydrogen) atoms. The summed E-state index contributed by atoms with van der Waals surface area (Å²) >= 11 is 1.46. The van der Waals surface area contributed by atoms with Crippen LogP contribution < -0.4 is 5.32 Å². The van der Waals surface area contributed by atoms with Gasteiger partial charge >= 0.3 is 0 Å². The van der Waals surface area contributed by atoms with Gasteiger partial charge in [-0.25, -0.2) is 0 Å². The van der Waals surface area contributed by atoms with Crippen LogP contribution in [-0.2, 0) is 0 Å². The Labute approximate surface area is 120 Å². The molecule has 0 aromatic carbocycles. The number of nitrogens with one attached hydrogen (secondary N) is 1. The van der Waals surface area contributed by atoms with Crippen molar-refractivity contribution in [2.24, 2.45) is 5.92 Å². The van der Waals surface area contributed by atoms with Gasteiger partial charge in [0.1, 0.15) is 0 Å². The highest BCUT2D eigenvalue weighted by Crippen LogP contribution is 2.25. The zero-order valence-electron chi connectivity index (χ0n) is 12.5. The smallest absolute Gasteiger partial charge is 0.261 e. The van der Waals surface area contributed by atoms with Crippen molar-refractivity contribution >= 4 is 17.2 Å². The molecule has 2 unspecified atom stereocenters. The zero-order valence-corrected chi connectivity index (χ0v) is 13.3. The van der Waals surface area contributed by atoms with E-state index >= 15 is 0 Å². The standard InChI is InChI=1S/C15H25NO2S/c1-6-11(4)15(5,18)9-16-14(17)13-12(10(2)3)7-8-19-13/h7-8,10-11,18H,6,9H2,1-5H3,(H,16,17). The van der Waals surface area contributed by atoms with Crippen LogP contribution in [-0.4, -0.2) is 23.2 Å². The topological polar surface area (TPSA) is 49.3 Å². The summed E-state index contributed by atoms with van der Waals surface area (Å²) in [4.78, 5) is 12.9. The molecule has 0 radical (unpaired) electrons. The summed E-state index contributed by atoms with van der Waals surface area (Å²) < 4.78 is 0. The Hall–Kier alpha value is -0.870. The van der Waals surface area contributed by atoms with Gasteiger partial charge in [-0.2, -0.15) is 0 Å². The number of hydrogen-bond donors (Lipinski definition) is 2. The molecule has 0 bridgehead atoms. The number of thiophene rings is 1. The first-order chi connectivity index (χ1) is 8.79. The maximum atomic E-state index is 12.2. The van der Waals surface area contributed by atoms with E-state index in [4.69, 9.17) is 0 Å². The number of hydrogen-bond acceptors (Lipinski definition) is 3. The van der Waals surface area contributed by atoms with Gasteiger partial charge in [-0.15, -0.1) is 11.3 Å². The van der Waals surface area contributed by atoms with E-state index in [2.05, 4.69) is 19.2 Å². The molecule has 108 valence electrons. The average molecular weight is 283 g/mol. The number of rotatable bonds is 6. The van der Waals surface area contributed by atoms with E-state index in [-0.39, 0.29) is 18.4 Å². The lowest BCUT2D eigenvalue weighted by Gasteiger charge is -2.29. The van der Waals surface area contributed by atoms with Gasteiger partial charge in [-0.05, 0) is 35.8 Å². The average Bonchev–Trinajstić information content (AvgIpc) is 2.84. The maximum absolute atomic E-state index is 12.2. The predicted molar refractivity (Wildman–Crippen MR) is 80.8 cm³/mol. The molecule has 1 aromatic heterocycles. The summed E-state index contributed by atoms with van der Waals surface area (Å²) in [5, 5.41) is 15.1. The van der Waals surface area contributed by atoms with E-state index in [0.29, 0.717) is 5.92 Å². The fourth-order valence-electron chi connectivity index (χ4n) is 1.91. The summed E-state index contributed by atoms with van der Waals surface area (Å²) in [6.45, 7) is 10.3. The third-order valence-electron chi connectivity index (χ3n) is 3.80. The van der Waals surface area contributed by atoms with Crippen molar-refractivity contribution in [2.45, 2.75) is 52.6 Å². The molecule has 0 aliphatic heterocycles. The summed E-state index contributed by atoms with van der Waals surface area (Å²) in [6, 6.07) is 2.00. The van der Waals surface area contributed by atoms with Gasteiger partial charge in [0.05, 0.1) is 10.5 Å². The first-order valence-electron chi connectivity index (χ1n) is 6.87. The van der Waals surface area contributed by atoms with Crippen molar-refractivity contribution in [1.82, 2.24) is 5.32 Å². The molecule has 0 saturated carbocycles. The highest BCUT2D eigenvalue weighted by Gasteiger charge is 2.28. The zero-order chi connectivity index (χ0) is 14.6. The molecule has 1 aromatic rings. The molecule has 3 nitrogen and oxygen atoms in total. The third kappa shape index (κ3) is 4.05. The molecular weight excluding hydrogens is 258 g/mol. The number of carbonyl (C=O) groups excluding carboxylic acids is 1. The lowest BCUT2D eigenvalue weighted by Crippen LogP contribution is -2.45. The minimum atomic E-state index is -0.861. The lowest BCUT2D eigenvalue weighted by molar-refractivity contribution is 0.00595. The van der Waals surface area contributed by atoms with E-state index in [1.807, 2.05) is 25.3 Å². The van der Waals surface area contributed by atoms with Gasteiger partial charge in [0.15, 0.2) is 0 Å². The number of carbonyl (C=O) groups is 1. The van der Waals surface area contributed by atoms with Gasteiger partial charge in [0, 0.05) is 6.54 Å².